The SMILES string of the molecule is COc1ccc(C2CC(NC3CCC(=O)N(C)C3)C2)cc1. The molecule has 1 aliphatic heterocycles. The number of likely N-dealkylation sites (tertiary alicyclic amines) is 1. The van der Waals surface area contributed by atoms with Crippen molar-refractivity contribution < 1.29 is 9.53 Å². The summed E-state index contributed by atoms with van der Waals surface area (Å²) < 4.78 is 5.20. The average Bonchev–Trinajstić information content (AvgIpc) is 2.46. The lowest BCUT2D eigenvalue weighted by Gasteiger charge is -2.41. The molecule has 1 aromatic carbocycles. The third-order valence-electron chi connectivity index (χ3n) is 4.82. The second-order valence-electron chi connectivity index (χ2n) is 6.31. The van der Waals surface area contributed by atoms with Gasteiger partial charge in [0.25, 0.3) is 0 Å². The van der Waals surface area contributed by atoms with Crippen LogP contribution in [0.1, 0.15) is 37.2 Å². The summed E-state index contributed by atoms with van der Waals surface area (Å²) in [6.45, 7) is 0.850. The van der Waals surface area contributed by atoms with Crippen LogP contribution in [-0.2, 0) is 4.79 Å². The Morgan fingerprint density at radius 2 is 1.90 bits per heavy atom. The van der Waals surface area contributed by atoms with E-state index in [4.69, 9.17) is 4.74 Å². The fourth-order valence-electron chi connectivity index (χ4n) is 3.38. The molecule has 0 bridgehead atoms. The van der Waals surface area contributed by atoms with Crippen molar-refractivity contribution in [1.82, 2.24) is 10.2 Å². The van der Waals surface area contributed by atoms with E-state index >= 15 is 0 Å². The average molecular weight is 288 g/mol. The quantitative estimate of drug-likeness (QED) is 0.923. The van der Waals surface area contributed by atoms with Gasteiger partial charge in [0.05, 0.1) is 7.11 Å². The number of nitrogens with zero attached hydrogens (tertiary/aromatic N) is 1. The maximum Gasteiger partial charge on any atom is 0.222 e. The highest BCUT2D eigenvalue weighted by Gasteiger charge is 2.33. The first-order valence-corrected chi connectivity index (χ1v) is 7.79. The fraction of sp³-hybridized carbons (Fsp3) is 0.588. The zero-order valence-electron chi connectivity index (χ0n) is 12.8. The number of hydrogen-bond acceptors (Lipinski definition) is 3. The lowest BCUT2D eigenvalue weighted by molar-refractivity contribution is -0.132. The number of carbonyl (C=O) groups excluding carboxylic acids is 1. The van der Waals surface area contributed by atoms with Crippen LogP contribution >= 0.6 is 0 Å². The van der Waals surface area contributed by atoms with E-state index in [2.05, 4.69) is 17.4 Å². The molecule has 114 valence electrons. The van der Waals surface area contributed by atoms with Crippen molar-refractivity contribution in [3.63, 3.8) is 0 Å². The van der Waals surface area contributed by atoms with Crippen LogP contribution in [0, 0.1) is 0 Å². The molecule has 1 amide bonds. The Bertz CT molecular complexity index is 494. The van der Waals surface area contributed by atoms with E-state index in [1.54, 1.807) is 7.11 Å². The molecule has 1 saturated carbocycles. The summed E-state index contributed by atoms with van der Waals surface area (Å²) in [5.41, 5.74) is 1.41. The first-order valence-electron chi connectivity index (χ1n) is 7.79. The monoisotopic (exact) mass is 288 g/mol. The van der Waals surface area contributed by atoms with Crippen LogP contribution in [0.4, 0.5) is 0 Å². The van der Waals surface area contributed by atoms with E-state index in [0.717, 1.165) is 18.7 Å². The van der Waals surface area contributed by atoms with Gasteiger partial charge in [-0.3, -0.25) is 4.79 Å². The second-order valence-corrected chi connectivity index (χ2v) is 6.31. The number of benzene rings is 1. The van der Waals surface area contributed by atoms with Gasteiger partial charge in [-0.15, -0.1) is 0 Å². The summed E-state index contributed by atoms with van der Waals surface area (Å²) in [5.74, 6) is 1.86. The van der Waals surface area contributed by atoms with Gasteiger partial charge in [0.2, 0.25) is 5.91 Å². The Morgan fingerprint density at radius 1 is 1.19 bits per heavy atom. The van der Waals surface area contributed by atoms with E-state index in [1.807, 2.05) is 24.1 Å². The molecule has 0 aromatic heterocycles. The molecule has 1 atom stereocenters. The lowest BCUT2D eigenvalue weighted by atomic mass is 9.75. The predicted molar refractivity (Wildman–Crippen MR) is 82.6 cm³/mol. The molecule has 0 spiro atoms. The molecule has 1 N–H and O–H groups in total. The van der Waals surface area contributed by atoms with E-state index in [0.29, 0.717) is 24.4 Å². The predicted octanol–water partition coefficient (Wildman–Crippen LogP) is 2.15. The number of amides is 1. The molecule has 2 fully saturated rings. The van der Waals surface area contributed by atoms with Crippen molar-refractivity contribution in [2.45, 2.75) is 43.7 Å². The Kier molecular flexibility index (Phi) is 4.15. The lowest BCUT2D eigenvalue weighted by Crippen LogP contribution is -2.52. The number of piperidine rings is 1. The van der Waals surface area contributed by atoms with Gasteiger partial charge in [-0.2, -0.15) is 0 Å². The van der Waals surface area contributed by atoms with E-state index in [1.165, 1.54) is 18.4 Å². The smallest absolute Gasteiger partial charge is 0.222 e. The minimum Gasteiger partial charge on any atom is -0.497 e. The largest absolute Gasteiger partial charge is 0.497 e. The number of likely N-dealkylation sites (N-methyl/N-ethyl adjacent to an activating group) is 1. The molecular weight excluding hydrogens is 264 g/mol. The Balaban J connectivity index is 1.46. The van der Waals surface area contributed by atoms with Crippen molar-refractivity contribution in [3.05, 3.63) is 29.8 Å². The molecule has 3 rings (SSSR count). The van der Waals surface area contributed by atoms with Crippen molar-refractivity contribution in [2.75, 3.05) is 20.7 Å². The number of carbonyl (C=O) groups is 1. The van der Waals surface area contributed by atoms with Crippen molar-refractivity contribution in [2.24, 2.45) is 0 Å². The maximum atomic E-state index is 11.5. The van der Waals surface area contributed by atoms with E-state index in [-0.39, 0.29) is 5.91 Å². The van der Waals surface area contributed by atoms with Crippen LogP contribution in [-0.4, -0.2) is 43.6 Å². The number of methoxy groups -OCH3 is 1. The Hall–Kier alpha value is -1.55. The van der Waals surface area contributed by atoms with Crippen LogP contribution < -0.4 is 10.1 Å². The normalized spacial score (nSPS) is 29.1. The number of nitrogens with one attached hydrogen (secondary N) is 1. The van der Waals surface area contributed by atoms with Crippen molar-refractivity contribution in [1.29, 1.82) is 0 Å². The van der Waals surface area contributed by atoms with Crippen LogP contribution in [0.2, 0.25) is 0 Å². The molecule has 2 aliphatic rings. The van der Waals surface area contributed by atoms with E-state index in [9.17, 15) is 4.79 Å². The van der Waals surface area contributed by atoms with Crippen LogP contribution in [0.5, 0.6) is 5.75 Å². The number of ether oxygens (including phenoxy) is 1. The zero-order valence-corrected chi connectivity index (χ0v) is 12.8. The summed E-state index contributed by atoms with van der Waals surface area (Å²) in [4.78, 5) is 13.3. The molecule has 1 unspecified atom stereocenters. The summed E-state index contributed by atoms with van der Waals surface area (Å²) in [6.07, 6.45) is 4.05. The Morgan fingerprint density at radius 3 is 2.52 bits per heavy atom. The fourth-order valence-corrected chi connectivity index (χ4v) is 3.38. The van der Waals surface area contributed by atoms with Gasteiger partial charge >= 0.3 is 0 Å². The molecule has 0 radical (unpaired) electrons. The third kappa shape index (κ3) is 3.21. The van der Waals surface area contributed by atoms with Gasteiger partial charge < -0.3 is 15.0 Å². The zero-order chi connectivity index (χ0) is 14.8. The van der Waals surface area contributed by atoms with Crippen molar-refractivity contribution >= 4 is 5.91 Å². The summed E-state index contributed by atoms with van der Waals surface area (Å²) in [7, 11) is 3.60. The Labute approximate surface area is 126 Å². The first kappa shape index (κ1) is 14.4. The molecular formula is C17H24N2O2. The summed E-state index contributed by atoms with van der Waals surface area (Å²) >= 11 is 0. The van der Waals surface area contributed by atoms with Gasteiger partial charge in [0.15, 0.2) is 0 Å². The topological polar surface area (TPSA) is 41.6 Å². The molecule has 1 heterocycles. The highest BCUT2D eigenvalue weighted by atomic mass is 16.5. The van der Waals surface area contributed by atoms with Gasteiger partial charge in [0, 0.05) is 32.1 Å². The van der Waals surface area contributed by atoms with Crippen molar-refractivity contribution in [3.8, 4) is 5.75 Å². The van der Waals surface area contributed by atoms with Crippen LogP contribution in [0.25, 0.3) is 0 Å². The molecule has 1 aliphatic carbocycles. The third-order valence-corrected chi connectivity index (χ3v) is 4.82. The second kappa shape index (κ2) is 6.06. The molecule has 4 heteroatoms. The highest BCUT2D eigenvalue weighted by molar-refractivity contribution is 5.76. The highest BCUT2D eigenvalue weighted by Crippen LogP contribution is 2.37. The molecule has 1 aromatic rings. The van der Waals surface area contributed by atoms with Gasteiger partial charge in [0.1, 0.15) is 5.75 Å². The van der Waals surface area contributed by atoms with Crippen LogP contribution in [0.3, 0.4) is 0 Å². The minimum atomic E-state index is 0.276. The van der Waals surface area contributed by atoms with E-state index < -0.39 is 0 Å². The van der Waals surface area contributed by atoms with Gasteiger partial charge in [-0.25, -0.2) is 0 Å². The molecule has 1 saturated heterocycles. The number of rotatable bonds is 4. The maximum absolute atomic E-state index is 11.5. The van der Waals surface area contributed by atoms with Crippen LogP contribution in [0.15, 0.2) is 24.3 Å². The summed E-state index contributed by atoms with van der Waals surface area (Å²) in [6, 6.07) is 9.49. The standard InChI is InChI=1S/C17H24N2O2/c1-19-11-14(5-8-17(19)20)18-15-9-13(10-15)12-3-6-16(21-2)7-4-12/h3-4,6-7,13-15,18H,5,8-11H2,1-2H3. The molecule has 4 nitrogen and oxygen atoms in total. The molecule has 21 heavy (non-hydrogen) atoms. The first-order chi connectivity index (χ1) is 10.2. The minimum absolute atomic E-state index is 0.276. The van der Waals surface area contributed by atoms with Gasteiger partial charge in [-0.05, 0) is 42.9 Å². The summed E-state index contributed by atoms with van der Waals surface area (Å²) in [5, 5.41) is 3.71. The number of hydrogen-bond donors (Lipinski definition) is 1. The van der Waals surface area contributed by atoms with Gasteiger partial charge in [-0.1, -0.05) is 12.1 Å².